The molecule has 1 atom stereocenters. The SMILES string of the molecule is CCC(C)NC(=NC)NCc1c(C)nn(-c2ccccc2)c1C. The van der Waals surface area contributed by atoms with Crippen LogP contribution in [0.25, 0.3) is 5.69 Å². The lowest BCUT2D eigenvalue weighted by Crippen LogP contribution is -2.41. The zero-order valence-electron chi connectivity index (χ0n) is 14.7. The van der Waals surface area contributed by atoms with E-state index in [0.29, 0.717) is 12.6 Å². The number of hydrogen-bond acceptors (Lipinski definition) is 2. The third-order valence-electron chi connectivity index (χ3n) is 4.09. The lowest BCUT2D eigenvalue weighted by Gasteiger charge is -2.16. The zero-order chi connectivity index (χ0) is 16.8. The van der Waals surface area contributed by atoms with Crippen LogP contribution in [0.2, 0.25) is 0 Å². The largest absolute Gasteiger partial charge is 0.354 e. The van der Waals surface area contributed by atoms with Crippen molar-refractivity contribution in [2.75, 3.05) is 7.05 Å². The monoisotopic (exact) mass is 313 g/mol. The second kappa shape index (κ2) is 7.81. The number of aryl methyl sites for hydroxylation is 1. The molecule has 2 rings (SSSR count). The van der Waals surface area contributed by atoms with Gasteiger partial charge in [0.2, 0.25) is 0 Å². The van der Waals surface area contributed by atoms with Crippen LogP contribution in [0.5, 0.6) is 0 Å². The van der Waals surface area contributed by atoms with E-state index in [1.165, 1.54) is 5.56 Å². The minimum atomic E-state index is 0.399. The minimum absolute atomic E-state index is 0.399. The third kappa shape index (κ3) is 4.12. The van der Waals surface area contributed by atoms with Crippen molar-refractivity contribution in [3.63, 3.8) is 0 Å². The first-order valence-corrected chi connectivity index (χ1v) is 8.14. The summed E-state index contributed by atoms with van der Waals surface area (Å²) in [5, 5.41) is 11.4. The normalized spacial score (nSPS) is 13.0. The molecule has 0 aliphatic carbocycles. The molecule has 0 radical (unpaired) electrons. The van der Waals surface area contributed by atoms with Gasteiger partial charge < -0.3 is 10.6 Å². The van der Waals surface area contributed by atoms with Crippen molar-refractivity contribution in [3.05, 3.63) is 47.3 Å². The second-order valence-electron chi connectivity index (χ2n) is 5.78. The van der Waals surface area contributed by atoms with Gasteiger partial charge in [-0.15, -0.1) is 0 Å². The van der Waals surface area contributed by atoms with Gasteiger partial charge in [-0.1, -0.05) is 25.1 Å². The fraction of sp³-hybridized carbons (Fsp3) is 0.444. The number of guanidine groups is 1. The number of benzene rings is 1. The average Bonchev–Trinajstić information content (AvgIpc) is 2.86. The van der Waals surface area contributed by atoms with E-state index < -0.39 is 0 Å². The molecule has 1 heterocycles. The van der Waals surface area contributed by atoms with Crippen molar-refractivity contribution in [1.29, 1.82) is 0 Å². The molecule has 1 unspecified atom stereocenters. The van der Waals surface area contributed by atoms with Gasteiger partial charge in [0.15, 0.2) is 5.96 Å². The van der Waals surface area contributed by atoms with Crippen LogP contribution in [-0.2, 0) is 6.54 Å². The van der Waals surface area contributed by atoms with E-state index in [2.05, 4.69) is 53.6 Å². The highest BCUT2D eigenvalue weighted by molar-refractivity contribution is 5.79. The summed E-state index contributed by atoms with van der Waals surface area (Å²) in [5.41, 5.74) is 4.49. The number of hydrogen-bond donors (Lipinski definition) is 2. The van der Waals surface area contributed by atoms with Gasteiger partial charge in [-0.3, -0.25) is 4.99 Å². The van der Waals surface area contributed by atoms with E-state index in [-0.39, 0.29) is 0 Å². The van der Waals surface area contributed by atoms with Crippen LogP contribution in [-0.4, -0.2) is 28.8 Å². The maximum Gasteiger partial charge on any atom is 0.191 e. The highest BCUT2D eigenvalue weighted by atomic mass is 15.3. The molecule has 0 saturated carbocycles. The van der Waals surface area contributed by atoms with Crippen molar-refractivity contribution in [1.82, 2.24) is 20.4 Å². The Hall–Kier alpha value is -2.30. The summed E-state index contributed by atoms with van der Waals surface area (Å²) in [4.78, 5) is 4.28. The molecular formula is C18H27N5. The molecule has 124 valence electrons. The molecule has 2 N–H and O–H groups in total. The predicted molar refractivity (Wildman–Crippen MR) is 96.1 cm³/mol. The Morgan fingerprint density at radius 3 is 2.57 bits per heavy atom. The number of aromatic nitrogens is 2. The topological polar surface area (TPSA) is 54.2 Å². The first kappa shape index (κ1) is 17.1. The summed E-state index contributed by atoms with van der Waals surface area (Å²) in [6, 6.07) is 10.6. The van der Waals surface area contributed by atoms with Gasteiger partial charge >= 0.3 is 0 Å². The van der Waals surface area contributed by atoms with Crippen molar-refractivity contribution < 1.29 is 0 Å². The molecule has 5 heteroatoms. The van der Waals surface area contributed by atoms with Crippen LogP contribution in [0.3, 0.4) is 0 Å². The molecule has 5 nitrogen and oxygen atoms in total. The number of nitrogens with zero attached hydrogens (tertiary/aromatic N) is 3. The lowest BCUT2D eigenvalue weighted by molar-refractivity contribution is 0.624. The molecule has 0 fully saturated rings. The molecule has 0 saturated heterocycles. The fourth-order valence-corrected chi connectivity index (χ4v) is 2.45. The van der Waals surface area contributed by atoms with E-state index in [4.69, 9.17) is 0 Å². The zero-order valence-corrected chi connectivity index (χ0v) is 14.7. The summed E-state index contributed by atoms with van der Waals surface area (Å²) in [7, 11) is 1.80. The quantitative estimate of drug-likeness (QED) is 0.659. The molecule has 0 bridgehead atoms. The number of rotatable bonds is 5. The molecule has 0 spiro atoms. The molecule has 0 aliphatic heterocycles. The Kier molecular flexibility index (Phi) is 5.79. The lowest BCUT2D eigenvalue weighted by atomic mass is 10.2. The molecule has 23 heavy (non-hydrogen) atoms. The Morgan fingerprint density at radius 2 is 1.96 bits per heavy atom. The Morgan fingerprint density at radius 1 is 1.26 bits per heavy atom. The van der Waals surface area contributed by atoms with Gasteiger partial charge in [0.05, 0.1) is 11.4 Å². The first-order chi connectivity index (χ1) is 11.1. The summed E-state index contributed by atoms with van der Waals surface area (Å²) in [6.45, 7) is 9.17. The van der Waals surface area contributed by atoms with E-state index in [9.17, 15) is 0 Å². The standard InChI is InChI=1S/C18H27N5/c1-6-13(2)21-18(19-5)20-12-17-14(3)22-23(15(17)4)16-10-8-7-9-11-16/h7-11,13H,6,12H2,1-5H3,(H2,19,20,21). The van der Waals surface area contributed by atoms with E-state index in [1.54, 1.807) is 7.05 Å². The van der Waals surface area contributed by atoms with Crippen LogP contribution in [0.15, 0.2) is 35.3 Å². The molecule has 1 aromatic carbocycles. The van der Waals surface area contributed by atoms with Crippen LogP contribution < -0.4 is 10.6 Å². The van der Waals surface area contributed by atoms with E-state index in [1.807, 2.05) is 29.8 Å². The number of nitrogens with one attached hydrogen (secondary N) is 2. The summed E-state index contributed by atoms with van der Waals surface area (Å²) in [5.74, 6) is 0.825. The molecule has 0 aliphatic rings. The van der Waals surface area contributed by atoms with Crippen LogP contribution in [0.4, 0.5) is 0 Å². The third-order valence-corrected chi connectivity index (χ3v) is 4.09. The van der Waals surface area contributed by atoms with Crippen molar-refractivity contribution in [2.24, 2.45) is 4.99 Å². The van der Waals surface area contributed by atoms with E-state index >= 15 is 0 Å². The Bertz CT molecular complexity index is 658. The van der Waals surface area contributed by atoms with E-state index in [0.717, 1.165) is 29.5 Å². The maximum atomic E-state index is 4.68. The summed E-state index contributed by atoms with van der Waals surface area (Å²) in [6.07, 6.45) is 1.06. The summed E-state index contributed by atoms with van der Waals surface area (Å²) >= 11 is 0. The maximum absolute atomic E-state index is 4.68. The van der Waals surface area contributed by atoms with Crippen molar-refractivity contribution in [2.45, 2.75) is 46.7 Å². The first-order valence-electron chi connectivity index (χ1n) is 8.14. The van der Waals surface area contributed by atoms with Crippen molar-refractivity contribution >= 4 is 5.96 Å². The van der Waals surface area contributed by atoms with Crippen LogP contribution in [0.1, 0.15) is 37.2 Å². The van der Waals surface area contributed by atoms with Gasteiger partial charge in [-0.25, -0.2) is 4.68 Å². The molecule has 0 amide bonds. The van der Waals surface area contributed by atoms with Gasteiger partial charge in [-0.2, -0.15) is 5.10 Å². The average molecular weight is 313 g/mol. The highest BCUT2D eigenvalue weighted by Gasteiger charge is 2.13. The number of para-hydroxylation sites is 1. The highest BCUT2D eigenvalue weighted by Crippen LogP contribution is 2.17. The van der Waals surface area contributed by atoms with Gasteiger partial charge in [0, 0.05) is 30.9 Å². The van der Waals surface area contributed by atoms with Gasteiger partial charge in [-0.05, 0) is 39.3 Å². The molecule has 2 aromatic rings. The summed E-state index contributed by atoms with van der Waals surface area (Å²) < 4.78 is 2.00. The molecular weight excluding hydrogens is 286 g/mol. The Balaban J connectivity index is 2.14. The van der Waals surface area contributed by atoms with Gasteiger partial charge in [0.25, 0.3) is 0 Å². The molecule has 1 aromatic heterocycles. The fourth-order valence-electron chi connectivity index (χ4n) is 2.45. The Labute approximate surface area is 138 Å². The second-order valence-corrected chi connectivity index (χ2v) is 5.78. The minimum Gasteiger partial charge on any atom is -0.354 e. The van der Waals surface area contributed by atoms with Crippen LogP contribution >= 0.6 is 0 Å². The smallest absolute Gasteiger partial charge is 0.191 e. The van der Waals surface area contributed by atoms with Crippen LogP contribution in [0, 0.1) is 13.8 Å². The predicted octanol–water partition coefficient (Wildman–Crippen LogP) is 2.95. The van der Waals surface area contributed by atoms with Crippen molar-refractivity contribution in [3.8, 4) is 5.69 Å². The van der Waals surface area contributed by atoms with Gasteiger partial charge in [0.1, 0.15) is 0 Å². The number of aliphatic imine (C=N–C) groups is 1.